The lowest BCUT2D eigenvalue weighted by atomic mass is 10.0. The second-order valence-electron chi connectivity index (χ2n) is 4.54. The highest BCUT2D eigenvalue weighted by molar-refractivity contribution is 7.17. The molecule has 3 rings (SSSR count). The van der Waals surface area contributed by atoms with Crippen molar-refractivity contribution in [2.45, 2.75) is 24.5 Å². The van der Waals surface area contributed by atoms with Crippen molar-refractivity contribution in [3.8, 4) is 6.07 Å². The molecule has 1 aliphatic heterocycles. The molecule has 98 valence electrons. The summed E-state index contributed by atoms with van der Waals surface area (Å²) in [6, 6.07) is 2.05. The van der Waals surface area contributed by atoms with Crippen molar-refractivity contribution in [1.29, 1.82) is 5.26 Å². The average Bonchev–Trinajstić information content (AvgIpc) is 3.03. The summed E-state index contributed by atoms with van der Waals surface area (Å²) in [6.45, 7) is -0.292. The van der Waals surface area contributed by atoms with Gasteiger partial charge in [0.05, 0.1) is 22.9 Å². The standard InChI is InChI=1S/C12H12N4O2S/c13-4-12(5-17)2-1-8(18-12)7-3-19-10-9(7)15-6-16-11(10)14/h3,6,8,17H,1-2,5H2,(H2,14,15,16). The van der Waals surface area contributed by atoms with Gasteiger partial charge in [-0.25, -0.2) is 9.97 Å². The van der Waals surface area contributed by atoms with Crippen molar-refractivity contribution in [3.05, 3.63) is 17.3 Å². The maximum Gasteiger partial charge on any atom is 0.177 e. The Kier molecular flexibility index (Phi) is 2.86. The smallest absolute Gasteiger partial charge is 0.177 e. The van der Waals surface area contributed by atoms with Gasteiger partial charge in [-0.2, -0.15) is 5.26 Å². The summed E-state index contributed by atoms with van der Waals surface area (Å²) in [7, 11) is 0. The molecule has 3 heterocycles. The van der Waals surface area contributed by atoms with Gasteiger partial charge in [-0.1, -0.05) is 0 Å². The fourth-order valence-corrected chi connectivity index (χ4v) is 3.29. The van der Waals surface area contributed by atoms with Crippen LogP contribution in [0.15, 0.2) is 11.7 Å². The van der Waals surface area contributed by atoms with Crippen molar-refractivity contribution in [2.75, 3.05) is 12.3 Å². The highest BCUT2D eigenvalue weighted by Gasteiger charge is 2.41. The number of nitriles is 1. The molecule has 0 bridgehead atoms. The molecule has 19 heavy (non-hydrogen) atoms. The van der Waals surface area contributed by atoms with E-state index in [1.807, 2.05) is 5.38 Å². The zero-order chi connectivity index (χ0) is 13.5. The minimum atomic E-state index is -1.09. The van der Waals surface area contributed by atoms with E-state index in [9.17, 15) is 5.11 Å². The van der Waals surface area contributed by atoms with E-state index in [-0.39, 0.29) is 12.7 Å². The predicted octanol–water partition coefficient (Wildman–Crippen LogP) is 1.38. The molecule has 0 amide bonds. The maximum atomic E-state index is 9.30. The van der Waals surface area contributed by atoms with Gasteiger partial charge in [0.15, 0.2) is 5.60 Å². The minimum absolute atomic E-state index is 0.227. The lowest BCUT2D eigenvalue weighted by Gasteiger charge is -2.18. The zero-order valence-electron chi connectivity index (χ0n) is 10.0. The number of hydrogen-bond acceptors (Lipinski definition) is 7. The van der Waals surface area contributed by atoms with E-state index in [2.05, 4.69) is 16.0 Å². The van der Waals surface area contributed by atoms with Crippen molar-refractivity contribution >= 4 is 27.4 Å². The number of thiophene rings is 1. The summed E-state index contributed by atoms with van der Waals surface area (Å²) in [5, 5.41) is 20.3. The van der Waals surface area contributed by atoms with Gasteiger partial charge in [0.2, 0.25) is 0 Å². The number of fused-ring (bicyclic) bond motifs is 1. The summed E-state index contributed by atoms with van der Waals surface area (Å²) in [4.78, 5) is 8.19. The average molecular weight is 276 g/mol. The molecular weight excluding hydrogens is 264 g/mol. The molecule has 2 aromatic heterocycles. The van der Waals surface area contributed by atoms with Crippen molar-refractivity contribution in [3.63, 3.8) is 0 Å². The SMILES string of the molecule is N#CC1(CO)CCC(c2csc3c(N)ncnc23)O1. The van der Waals surface area contributed by atoms with Crippen LogP contribution in [0.4, 0.5) is 5.82 Å². The molecule has 1 aliphatic rings. The fraction of sp³-hybridized carbons (Fsp3) is 0.417. The first-order valence-electron chi connectivity index (χ1n) is 5.86. The van der Waals surface area contributed by atoms with Crippen LogP contribution in [0.3, 0.4) is 0 Å². The van der Waals surface area contributed by atoms with E-state index < -0.39 is 5.60 Å². The summed E-state index contributed by atoms with van der Waals surface area (Å²) in [6.07, 6.45) is 2.40. The number of ether oxygens (including phenoxy) is 1. The number of rotatable bonds is 2. The molecular formula is C12H12N4O2S. The van der Waals surface area contributed by atoms with Crippen LogP contribution >= 0.6 is 11.3 Å². The molecule has 2 aromatic rings. The second kappa shape index (κ2) is 4.42. The van der Waals surface area contributed by atoms with E-state index in [0.29, 0.717) is 18.7 Å². The molecule has 7 heteroatoms. The third kappa shape index (κ3) is 1.85. The minimum Gasteiger partial charge on any atom is -0.392 e. The van der Waals surface area contributed by atoms with Crippen LogP contribution in [-0.2, 0) is 4.74 Å². The predicted molar refractivity (Wildman–Crippen MR) is 70.3 cm³/mol. The lowest BCUT2D eigenvalue weighted by molar-refractivity contribution is -0.0362. The van der Waals surface area contributed by atoms with E-state index in [1.54, 1.807) is 0 Å². The third-order valence-electron chi connectivity index (χ3n) is 3.39. The second-order valence-corrected chi connectivity index (χ2v) is 5.42. The Hall–Kier alpha value is -1.75. The molecule has 0 spiro atoms. The van der Waals surface area contributed by atoms with Crippen LogP contribution in [0.5, 0.6) is 0 Å². The largest absolute Gasteiger partial charge is 0.392 e. The fourth-order valence-electron chi connectivity index (χ4n) is 2.32. The van der Waals surface area contributed by atoms with Crippen LogP contribution in [0.2, 0.25) is 0 Å². The quantitative estimate of drug-likeness (QED) is 0.858. The third-order valence-corrected chi connectivity index (χ3v) is 4.40. The molecule has 0 radical (unpaired) electrons. The molecule has 2 atom stereocenters. The summed E-state index contributed by atoms with van der Waals surface area (Å²) in [5.41, 5.74) is 6.40. The van der Waals surface area contributed by atoms with Gasteiger partial charge in [0, 0.05) is 5.56 Å². The van der Waals surface area contributed by atoms with Crippen molar-refractivity contribution < 1.29 is 9.84 Å². The molecule has 6 nitrogen and oxygen atoms in total. The molecule has 0 aromatic carbocycles. The number of aliphatic hydroxyl groups is 1. The van der Waals surface area contributed by atoms with Gasteiger partial charge in [-0.3, -0.25) is 0 Å². The Morgan fingerprint density at radius 3 is 3.16 bits per heavy atom. The Morgan fingerprint density at radius 1 is 1.63 bits per heavy atom. The normalized spacial score (nSPS) is 26.6. The van der Waals surface area contributed by atoms with Gasteiger partial charge in [0.1, 0.15) is 18.2 Å². The number of nitrogen functional groups attached to an aromatic ring is 1. The summed E-state index contributed by atoms with van der Waals surface area (Å²) >= 11 is 1.47. The van der Waals surface area contributed by atoms with Crippen molar-refractivity contribution in [1.82, 2.24) is 9.97 Å². The summed E-state index contributed by atoms with van der Waals surface area (Å²) in [5.74, 6) is 0.452. The summed E-state index contributed by atoms with van der Waals surface area (Å²) < 4.78 is 6.57. The molecule has 0 saturated carbocycles. The number of aromatic nitrogens is 2. The molecule has 0 aliphatic carbocycles. The Labute approximate surface area is 113 Å². The highest BCUT2D eigenvalue weighted by atomic mass is 32.1. The first-order valence-corrected chi connectivity index (χ1v) is 6.74. The molecule has 2 unspecified atom stereocenters. The Balaban J connectivity index is 1.99. The number of nitrogens with zero attached hydrogens (tertiary/aromatic N) is 3. The van der Waals surface area contributed by atoms with Crippen LogP contribution in [0, 0.1) is 11.3 Å². The monoisotopic (exact) mass is 276 g/mol. The van der Waals surface area contributed by atoms with Crippen molar-refractivity contribution in [2.24, 2.45) is 0 Å². The van der Waals surface area contributed by atoms with E-state index in [4.69, 9.17) is 15.7 Å². The molecule has 1 fully saturated rings. The number of anilines is 1. The topological polar surface area (TPSA) is 105 Å². The maximum absolute atomic E-state index is 9.30. The number of aliphatic hydroxyl groups excluding tert-OH is 1. The van der Waals surface area contributed by atoms with Gasteiger partial charge >= 0.3 is 0 Å². The van der Waals surface area contributed by atoms with Gasteiger partial charge in [-0.05, 0) is 18.2 Å². The van der Waals surface area contributed by atoms with E-state index >= 15 is 0 Å². The van der Waals surface area contributed by atoms with Crippen LogP contribution < -0.4 is 5.73 Å². The van der Waals surface area contributed by atoms with Gasteiger partial charge in [0.25, 0.3) is 0 Å². The molecule has 1 saturated heterocycles. The zero-order valence-corrected chi connectivity index (χ0v) is 10.9. The lowest BCUT2D eigenvalue weighted by Crippen LogP contribution is -2.30. The van der Waals surface area contributed by atoms with Gasteiger partial charge in [-0.15, -0.1) is 11.3 Å². The number of hydrogen-bond donors (Lipinski definition) is 2. The molecule has 3 N–H and O–H groups in total. The van der Waals surface area contributed by atoms with Crippen LogP contribution in [0.25, 0.3) is 10.2 Å². The Bertz CT molecular complexity index is 665. The van der Waals surface area contributed by atoms with Crippen LogP contribution in [0.1, 0.15) is 24.5 Å². The first-order chi connectivity index (χ1) is 9.19. The highest BCUT2D eigenvalue weighted by Crippen LogP contribution is 2.43. The van der Waals surface area contributed by atoms with Gasteiger partial charge < -0.3 is 15.6 Å². The van der Waals surface area contributed by atoms with E-state index in [0.717, 1.165) is 15.8 Å². The number of nitrogens with two attached hydrogens (primary N) is 1. The van der Waals surface area contributed by atoms with Crippen LogP contribution in [-0.4, -0.2) is 27.3 Å². The van der Waals surface area contributed by atoms with E-state index in [1.165, 1.54) is 17.7 Å². The Morgan fingerprint density at radius 2 is 2.47 bits per heavy atom. The first kappa shape index (κ1) is 12.3.